The summed E-state index contributed by atoms with van der Waals surface area (Å²) in [5.74, 6) is 0. The van der Waals surface area contributed by atoms with Gasteiger partial charge in [0.15, 0.2) is 0 Å². The van der Waals surface area contributed by atoms with Crippen molar-refractivity contribution in [3.8, 4) is 11.1 Å². The van der Waals surface area contributed by atoms with Gasteiger partial charge in [0.1, 0.15) is 0 Å². The Bertz CT molecular complexity index is 749. The third-order valence-corrected chi connectivity index (χ3v) is 4.36. The maximum atomic E-state index is 3.69. The van der Waals surface area contributed by atoms with Gasteiger partial charge in [-0.3, -0.25) is 4.68 Å². The van der Waals surface area contributed by atoms with Gasteiger partial charge in [-0.2, -0.15) is 0 Å². The van der Waals surface area contributed by atoms with Gasteiger partial charge in [0.05, 0.1) is 6.04 Å². The molecule has 4 rings (SSSR count). The highest BCUT2D eigenvalue weighted by Gasteiger charge is 2.28. The van der Waals surface area contributed by atoms with Crippen LogP contribution in [0.15, 0.2) is 60.7 Å². The summed E-state index contributed by atoms with van der Waals surface area (Å²) in [5.41, 5.74) is 11.5. The summed E-state index contributed by atoms with van der Waals surface area (Å²) in [6.07, 6.45) is 0. The SMILES string of the molecule is Cc1ccc(C)n1NC1c2ccccc2-c2ccccc21. The fraction of sp³-hybridized carbons (Fsp3) is 0.158. The Balaban J connectivity index is 1.86. The predicted molar refractivity (Wildman–Crippen MR) is 87.0 cm³/mol. The quantitative estimate of drug-likeness (QED) is 0.732. The highest BCUT2D eigenvalue weighted by molar-refractivity contribution is 5.79. The van der Waals surface area contributed by atoms with Gasteiger partial charge in [0, 0.05) is 11.4 Å². The van der Waals surface area contributed by atoms with Crippen molar-refractivity contribution in [2.75, 3.05) is 5.43 Å². The second-order valence-electron chi connectivity index (χ2n) is 5.69. The van der Waals surface area contributed by atoms with Crippen LogP contribution in [0.3, 0.4) is 0 Å². The summed E-state index contributed by atoms with van der Waals surface area (Å²) in [4.78, 5) is 0. The van der Waals surface area contributed by atoms with Crippen LogP contribution in [0.1, 0.15) is 28.6 Å². The fourth-order valence-corrected chi connectivity index (χ4v) is 3.30. The van der Waals surface area contributed by atoms with E-state index in [0.717, 1.165) is 0 Å². The molecule has 1 aliphatic rings. The Kier molecular flexibility index (Phi) is 2.64. The summed E-state index contributed by atoms with van der Waals surface area (Å²) in [7, 11) is 0. The van der Waals surface area contributed by atoms with Crippen molar-refractivity contribution < 1.29 is 0 Å². The van der Waals surface area contributed by atoms with Gasteiger partial charge in [-0.1, -0.05) is 48.5 Å². The van der Waals surface area contributed by atoms with Gasteiger partial charge in [-0.15, -0.1) is 0 Å². The van der Waals surface area contributed by atoms with Crippen LogP contribution in [-0.2, 0) is 0 Å². The van der Waals surface area contributed by atoms with Crippen LogP contribution < -0.4 is 5.43 Å². The van der Waals surface area contributed by atoms with Crippen LogP contribution in [0.2, 0.25) is 0 Å². The van der Waals surface area contributed by atoms with Crippen molar-refractivity contribution in [1.82, 2.24) is 4.68 Å². The number of nitrogens with zero attached hydrogens (tertiary/aromatic N) is 1. The van der Waals surface area contributed by atoms with E-state index < -0.39 is 0 Å². The molecule has 0 spiro atoms. The van der Waals surface area contributed by atoms with Crippen LogP contribution in [0.25, 0.3) is 11.1 Å². The molecule has 0 saturated heterocycles. The molecule has 0 saturated carbocycles. The zero-order valence-corrected chi connectivity index (χ0v) is 12.3. The van der Waals surface area contributed by atoms with E-state index in [9.17, 15) is 0 Å². The minimum absolute atomic E-state index is 0.210. The van der Waals surface area contributed by atoms with Crippen molar-refractivity contribution in [2.45, 2.75) is 19.9 Å². The van der Waals surface area contributed by atoms with Crippen LogP contribution >= 0.6 is 0 Å². The average molecular weight is 274 g/mol. The molecule has 2 nitrogen and oxygen atoms in total. The van der Waals surface area contributed by atoms with Crippen LogP contribution in [0.5, 0.6) is 0 Å². The molecule has 0 bridgehead atoms. The van der Waals surface area contributed by atoms with Crippen molar-refractivity contribution in [1.29, 1.82) is 0 Å². The summed E-state index contributed by atoms with van der Waals surface area (Å²) >= 11 is 0. The topological polar surface area (TPSA) is 17.0 Å². The molecule has 1 heterocycles. The van der Waals surface area contributed by atoms with Crippen molar-refractivity contribution in [2.24, 2.45) is 0 Å². The van der Waals surface area contributed by atoms with E-state index in [2.05, 4.69) is 84.6 Å². The highest BCUT2D eigenvalue weighted by Crippen LogP contribution is 2.43. The summed E-state index contributed by atoms with van der Waals surface area (Å²) in [5, 5.41) is 0. The lowest BCUT2D eigenvalue weighted by atomic mass is 10.1. The number of fused-ring (bicyclic) bond motifs is 3. The zero-order chi connectivity index (χ0) is 14.4. The Morgan fingerprint density at radius 3 is 1.71 bits per heavy atom. The van der Waals surface area contributed by atoms with Gasteiger partial charge >= 0.3 is 0 Å². The molecule has 0 aliphatic heterocycles. The fourth-order valence-electron chi connectivity index (χ4n) is 3.30. The molecular weight excluding hydrogens is 256 g/mol. The molecule has 1 aliphatic carbocycles. The number of hydrogen-bond donors (Lipinski definition) is 1. The Labute approximate surface area is 125 Å². The highest BCUT2D eigenvalue weighted by atomic mass is 15.4. The van der Waals surface area contributed by atoms with Gasteiger partial charge in [-0.25, -0.2) is 0 Å². The minimum atomic E-state index is 0.210. The average Bonchev–Trinajstić information content (AvgIpc) is 3.01. The normalized spacial score (nSPS) is 13.0. The van der Waals surface area contributed by atoms with E-state index in [4.69, 9.17) is 0 Å². The van der Waals surface area contributed by atoms with Crippen molar-refractivity contribution in [3.63, 3.8) is 0 Å². The third kappa shape index (κ3) is 1.79. The molecule has 1 aromatic heterocycles. The van der Waals surface area contributed by atoms with Crippen LogP contribution in [-0.4, -0.2) is 4.68 Å². The molecule has 0 radical (unpaired) electrons. The molecule has 0 unspecified atom stereocenters. The first-order valence-electron chi connectivity index (χ1n) is 7.35. The van der Waals surface area contributed by atoms with Crippen molar-refractivity contribution >= 4 is 0 Å². The monoisotopic (exact) mass is 274 g/mol. The van der Waals surface area contributed by atoms with Crippen LogP contribution in [0, 0.1) is 13.8 Å². The van der Waals surface area contributed by atoms with E-state index in [0.29, 0.717) is 0 Å². The largest absolute Gasteiger partial charge is 0.314 e. The molecule has 104 valence electrons. The second-order valence-corrected chi connectivity index (χ2v) is 5.69. The number of aryl methyl sites for hydroxylation is 2. The second kappa shape index (κ2) is 4.52. The van der Waals surface area contributed by atoms with E-state index >= 15 is 0 Å². The lowest BCUT2D eigenvalue weighted by Gasteiger charge is -2.21. The van der Waals surface area contributed by atoms with E-state index in [-0.39, 0.29) is 6.04 Å². The molecule has 0 amide bonds. The van der Waals surface area contributed by atoms with Gasteiger partial charge in [0.2, 0.25) is 0 Å². The first-order valence-corrected chi connectivity index (χ1v) is 7.35. The number of aromatic nitrogens is 1. The molecule has 1 N–H and O–H groups in total. The standard InChI is InChI=1S/C19H18N2/c1-13-11-12-14(2)21(13)20-19-17-9-5-3-7-15(17)16-8-4-6-10-18(16)19/h3-12,19-20H,1-2H3. The molecule has 0 atom stereocenters. The first-order chi connectivity index (χ1) is 10.3. The lowest BCUT2D eigenvalue weighted by molar-refractivity contribution is 0.736. The molecule has 2 aromatic carbocycles. The van der Waals surface area contributed by atoms with E-state index in [1.807, 2.05) is 0 Å². The predicted octanol–water partition coefficient (Wildman–Crippen LogP) is 4.42. The van der Waals surface area contributed by atoms with Gasteiger partial charge in [-0.05, 0) is 48.2 Å². The number of benzene rings is 2. The Morgan fingerprint density at radius 2 is 1.19 bits per heavy atom. The van der Waals surface area contributed by atoms with Crippen LogP contribution in [0.4, 0.5) is 0 Å². The third-order valence-electron chi connectivity index (χ3n) is 4.36. The summed E-state index contributed by atoms with van der Waals surface area (Å²) in [6.45, 7) is 4.26. The molecule has 21 heavy (non-hydrogen) atoms. The van der Waals surface area contributed by atoms with Gasteiger partial charge in [0.25, 0.3) is 0 Å². The van der Waals surface area contributed by atoms with E-state index in [1.165, 1.54) is 33.6 Å². The van der Waals surface area contributed by atoms with Crippen molar-refractivity contribution in [3.05, 3.63) is 83.2 Å². The number of hydrogen-bond acceptors (Lipinski definition) is 1. The molecule has 0 fully saturated rings. The smallest absolute Gasteiger partial charge is 0.0936 e. The zero-order valence-electron chi connectivity index (χ0n) is 12.3. The first kappa shape index (κ1) is 12.3. The lowest BCUT2D eigenvalue weighted by Crippen LogP contribution is -2.22. The maximum absolute atomic E-state index is 3.69. The summed E-state index contributed by atoms with van der Waals surface area (Å²) < 4.78 is 2.18. The van der Waals surface area contributed by atoms with E-state index in [1.54, 1.807) is 0 Å². The number of rotatable bonds is 2. The maximum Gasteiger partial charge on any atom is 0.0936 e. The molecule has 2 heteroatoms. The number of nitrogens with one attached hydrogen (secondary N) is 1. The molecular formula is C19H18N2. The molecule has 3 aromatic rings. The Hall–Kier alpha value is -2.48. The Morgan fingerprint density at radius 1 is 0.714 bits per heavy atom. The minimum Gasteiger partial charge on any atom is -0.314 e. The van der Waals surface area contributed by atoms with Gasteiger partial charge < -0.3 is 5.43 Å². The summed E-state index contributed by atoms with van der Waals surface area (Å²) in [6, 6.07) is 21.9.